The van der Waals surface area contributed by atoms with Crippen molar-refractivity contribution in [1.29, 1.82) is 0 Å². The first kappa shape index (κ1) is 12.8. The maximum absolute atomic E-state index is 4.72. The number of nitrogens with zero attached hydrogens (tertiary/aromatic N) is 3. The molecule has 2 heterocycles. The summed E-state index contributed by atoms with van der Waals surface area (Å²) in [6, 6.07) is 4.02. The standard InChI is InChI=1S/C14H15IN4/c1-8-3-6-10(17-7-8)13-18-12(9-4-5-9)11(15)14(16-2)19-13/h3,6-7,9H,4-5H2,1-2H3,(H,16,18,19). The molecule has 4 nitrogen and oxygen atoms in total. The minimum atomic E-state index is 0.603. The molecular formula is C14H15IN4. The van der Waals surface area contributed by atoms with Crippen LogP contribution in [-0.2, 0) is 0 Å². The Morgan fingerprint density at radius 3 is 2.63 bits per heavy atom. The van der Waals surface area contributed by atoms with Gasteiger partial charge in [-0.25, -0.2) is 9.97 Å². The summed E-state index contributed by atoms with van der Waals surface area (Å²) in [5, 5.41) is 3.15. The second-order valence-corrected chi connectivity index (χ2v) is 5.92. The molecule has 98 valence electrons. The largest absolute Gasteiger partial charge is 0.372 e. The van der Waals surface area contributed by atoms with E-state index in [9.17, 15) is 0 Å². The monoisotopic (exact) mass is 366 g/mol. The zero-order chi connectivity index (χ0) is 13.4. The molecule has 3 rings (SSSR count). The number of rotatable bonds is 3. The van der Waals surface area contributed by atoms with Crippen LogP contribution in [0.2, 0.25) is 0 Å². The smallest absolute Gasteiger partial charge is 0.180 e. The maximum Gasteiger partial charge on any atom is 0.180 e. The first-order chi connectivity index (χ1) is 9.19. The van der Waals surface area contributed by atoms with E-state index in [0.717, 1.165) is 26.3 Å². The number of aryl methyl sites for hydroxylation is 1. The first-order valence-electron chi connectivity index (χ1n) is 6.37. The average Bonchev–Trinajstić information content (AvgIpc) is 3.24. The average molecular weight is 366 g/mol. The van der Waals surface area contributed by atoms with Gasteiger partial charge >= 0.3 is 0 Å². The zero-order valence-electron chi connectivity index (χ0n) is 10.9. The summed E-state index contributed by atoms with van der Waals surface area (Å²) < 4.78 is 1.14. The topological polar surface area (TPSA) is 50.7 Å². The van der Waals surface area contributed by atoms with Crippen LogP contribution in [0, 0.1) is 10.5 Å². The Balaban J connectivity index is 2.10. The molecule has 1 N–H and O–H groups in total. The third-order valence-corrected chi connectivity index (χ3v) is 4.28. The highest BCUT2D eigenvalue weighted by atomic mass is 127. The Morgan fingerprint density at radius 1 is 1.26 bits per heavy atom. The number of nitrogens with one attached hydrogen (secondary N) is 1. The SMILES string of the molecule is CNc1nc(-c2ccc(C)cn2)nc(C2CC2)c1I. The van der Waals surface area contributed by atoms with Crippen LogP contribution in [0.3, 0.4) is 0 Å². The Kier molecular flexibility index (Phi) is 3.38. The van der Waals surface area contributed by atoms with E-state index >= 15 is 0 Å². The number of aromatic nitrogens is 3. The van der Waals surface area contributed by atoms with Crippen molar-refractivity contribution in [1.82, 2.24) is 15.0 Å². The maximum atomic E-state index is 4.72. The van der Waals surface area contributed by atoms with E-state index in [0.29, 0.717) is 11.7 Å². The molecule has 0 spiro atoms. The van der Waals surface area contributed by atoms with Crippen molar-refractivity contribution in [3.05, 3.63) is 33.2 Å². The lowest BCUT2D eigenvalue weighted by Crippen LogP contribution is -2.05. The molecule has 0 bridgehead atoms. The summed E-state index contributed by atoms with van der Waals surface area (Å²) in [6.45, 7) is 2.03. The predicted molar refractivity (Wildman–Crippen MR) is 84.2 cm³/mol. The molecule has 1 saturated carbocycles. The van der Waals surface area contributed by atoms with Crippen LogP contribution in [0.5, 0.6) is 0 Å². The van der Waals surface area contributed by atoms with E-state index in [-0.39, 0.29) is 0 Å². The van der Waals surface area contributed by atoms with Gasteiger partial charge in [-0.15, -0.1) is 0 Å². The van der Waals surface area contributed by atoms with E-state index in [1.165, 1.54) is 12.8 Å². The summed E-state index contributed by atoms with van der Waals surface area (Å²) in [5.41, 5.74) is 3.14. The van der Waals surface area contributed by atoms with Crippen molar-refractivity contribution < 1.29 is 0 Å². The zero-order valence-corrected chi connectivity index (χ0v) is 13.1. The summed E-state index contributed by atoms with van der Waals surface area (Å²) in [7, 11) is 1.90. The van der Waals surface area contributed by atoms with Gasteiger partial charge in [0, 0.05) is 19.2 Å². The van der Waals surface area contributed by atoms with Gasteiger partial charge in [-0.1, -0.05) is 6.07 Å². The quantitative estimate of drug-likeness (QED) is 0.847. The first-order valence-corrected chi connectivity index (χ1v) is 7.45. The Labute approximate surface area is 126 Å². The van der Waals surface area contributed by atoms with Gasteiger partial charge < -0.3 is 5.32 Å². The number of pyridine rings is 1. The lowest BCUT2D eigenvalue weighted by Gasteiger charge is -2.10. The number of hydrogen-bond acceptors (Lipinski definition) is 4. The van der Waals surface area contributed by atoms with Crippen molar-refractivity contribution in [2.24, 2.45) is 0 Å². The highest BCUT2D eigenvalue weighted by Gasteiger charge is 2.29. The molecule has 0 amide bonds. The van der Waals surface area contributed by atoms with E-state index in [4.69, 9.17) is 4.98 Å². The number of anilines is 1. The summed E-state index contributed by atoms with van der Waals surface area (Å²) in [6.07, 6.45) is 4.32. The van der Waals surface area contributed by atoms with Crippen molar-refractivity contribution in [2.75, 3.05) is 12.4 Å². The molecule has 0 aliphatic heterocycles. The molecule has 1 aliphatic carbocycles. The lowest BCUT2D eigenvalue weighted by atomic mass is 10.2. The van der Waals surface area contributed by atoms with Gasteiger partial charge in [-0.05, 0) is 54.0 Å². The van der Waals surface area contributed by atoms with E-state index < -0.39 is 0 Å². The van der Waals surface area contributed by atoms with Gasteiger partial charge in [-0.2, -0.15) is 0 Å². The van der Waals surface area contributed by atoms with Crippen LogP contribution in [0.1, 0.15) is 30.0 Å². The Bertz CT molecular complexity index is 606. The van der Waals surface area contributed by atoms with Gasteiger partial charge in [0.25, 0.3) is 0 Å². The third-order valence-electron chi connectivity index (χ3n) is 3.22. The van der Waals surface area contributed by atoms with Gasteiger partial charge in [0.05, 0.1) is 9.26 Å². The predicted octanol–water partition coefficient (Wildman–Crippen LogP) is 3.37. The van der Waals surface area contributed by atoms with Gasteiger partial charge in [0.2, 0.25) is 0 Å². The summed E-state index contributed by atoms with van der Waals surface area (Å²) >= 11 is 2.33. The lowest BCUT2D eigenvalue weighted by molar-refractivity contribution is 0.972. The molecule has 0 radical (unpaired) electrons. The van der Waals surface area contributed by atoms with Crippen molar-refractivity contribution in [3.8, 4) is 11.5 Å². The Morgan fingerprint density at radius 2 is 2.05 bits per heavy atom. The van der Waals surface area contributed by atoms with Gasteiger partial charge in [0.15, 0.2) is 5.82 Å². The van der Waals surface area contributed by atoms with Gasteiger partial charge in [0.1, 0.15) is 11.5 Å². The molecular weight excluding hydrogens is 351 g/mol. The highest BCUT2D eigenvalue weighted by Crippen LogP contribution is 2.42. The van der Waals surface area contributed by atoms with Crippen LogP contribution in [0.25, 0.3) is 11.5 Å². The number of hydrogen-bond donors (Lipinski definition) is 1. The van der Waals surface area contributed by atoms with E-state index in [1.54, 1.807) is 0 Å². The molecule has 0 atom stereocenters. The van der Waals surface area contributed by atoms with Crippen LogP contribution in [-0.4, -0.2) is 22.0 Å². The fourth-order valence-electron chi connectivity index (χ4n) is 1.97. The molecule has 0 saturated heterocycles. The second-order valence-electron chi connectivity index (χ2n) is 4.84. The van der Waals surface area contributed by atoms with Crippen LogP contribution < -0.4 is 5.32 Å². The molecule has 5 heteroatoms. The molecule has 2 aromatic rings. The fourth-order valence-corrected chi connectivity index (χ4v) is 2.92. The molecule has 19 heavy (non-hydrogen) atoms. The molecule has 0 aromatic carbocycles. The van der Waals surface area contributed by atoms with E-state index in [1.807, 2.05) is 32.3 Å². The van der Waals surface area contributed by atoms with Crippen LogP contribution >= 0.6 is 22.6 Å². The molecule has 1 fully saturated rings. The molecule has 2 aromatic heterocycles. The van der Waals surface area contributed by atoms with Crippen LogP contribution in [0.15, 0.2) is 18.3 Å². The van der Waals surface area contributed by atoms with Gasteiger partial charge in [-0.3, -0.25) is 4.98 Å². The second kappa shape index (κ2) is 5.03. The molecule has 0 unspecified atom stereocenters. The minimum Gasteiger partial charge on any atom is -0.372 e. The third kappa shape index (κ3) is 2.56. The van der Waals surface area contributed by atoms with Crippen LogP contribution in [0.4, 0.5) is 5.82 Å². The van der Waals surface area contributed by atoms with E-state index in [2.05, 4.69) is 37.9 Å². The van der Waals surface area contributed by atoms with Crippen molar-refractivity contribution in [2.45, 2.75) is 25.7 Å². The summed E-state index contributed by atoms with van der Waals surface area (Å²) in [4.78, 5) is 13.7. The fraction of sp³-hybridized carbons (Fsp3) is 0.357. The normalized spacial score (nSPS) is 14.5. The highest BCUT2D eigenvalue weighted by molar-refractivity contribution is 14.1. The summed E-state index contributed by atoms with van der Waals surface area (Å²) in [5.74, 6) is 2.22. The van der Waals surface area contributed by atoms with Crippen molar-refractivity contribution in [3.63, 3.8) is 0 Å². The van der Waals surface area contributed by atoms with Crippen molar-refractivity contribution >= 4 is 28.4 Å². The minimum absolute atomic E-state index is 0.603. The Hall–Kier alpha value is -1.24. The number of halogens is 1. The molecule has 1 aliphatic rings.